The number of hydrogen-bond acceptors (Lipinski definition) is 5. The van der Waals surface area contributed by atoms with Crippen LogP contribution in [-0.4, -0.2) is 24.3 Å². The van der Waals surface area contributed by atoms with Gasteiger partial charge in [0.15, 0.2) is 5.16 Å². The Labute approximate surface area is 189 Å². The summed E-state index contributed by atoms with van der Waals surface area (Å²) in [7, 11) is 0. The number of imidazole rings is 1. The van der Waals surface area contributed by atoms with E-state index in [4.69, 9.17) is 4.98 Å². The molecule has 0 unspecified atom stereocenters. The molecule has 31 heavy (non-hydrogen) atoms. The van der Waals surface area contributed by atoms with E-state index >= 15 is 0 Å². The highest BCUT2D eigenvalue weighted by atomic mass is 32.2. The van der Waals surface area contributed by atoms with Gasteiger partial charge >= 0.3 is 0 Å². The molecule has 0 saturated heterocycles. The molecule has 3 heterocycles. The Bertz CT molecular complexity index is 1260. The van der Waals surface area contributed by atoms with Crippen molar-refractivity contribution in [1.29, 1.82) is 0 Å². The van der Waals surface area contributed by atoms with Gasteiger partial charge in [-0.2, -0.15) is 0 Å². The first kappa shape index (κ1) is 19.8. The van der Waals surface area contributed by atoms with Crippen molar-refractivity contribution >= 4 is 23.1 Å². The summed E-state index contributed by atoms with van der Waals surface area (Å²) >= 11 is 3.38. The minimum atomic E-state index is 0.694. The second-order valence-electron chi connectivity index (χ2n) is 7.24. The molecule has 0 saturated carbocycles. The number of hydrogen-bond donors (Lipinski definition) is 0. The Kier molecular flexibility index (Phi) is 5.69. The van der Waals surface area contributed by atoms with Gasteiger partial charge in [0.2, 0.25) is 0 Å². The highest BCUT2D eigenvalue weighted by molar-refractivity contribution is 7.98. The summed E-state index contributed by atoms with van der Waals surface area (Å²) < 4.78 is 4.26. The van der Waals surface area contributed by atoms with Crippen molar-refractivity contribution in [2.45, 2.75) is 24.4 Å². The summed E-state index contributed by atoms with van der Waals surface area (Å²) in [6, 6.07) is 23.1. The fraction of sp³-hybridized carbons (Fsp3) is 0.125. The number of rotatable bonds is 7. The minimum Gasteiger partial charge on any atom is -0.312 e. The van der Waals surface area contributed by atoms with Crippen LogP contribution in [0.15, 0.2) is 89.8 Å². The van der Waals surface area contributed by atoms with Crippen molar-refractivity contribution in [3.63, 3.8) is 0 Å². The molecule has 0 aliphatic rings. The van der Waals surface area contributed by atoms with E-state index in [0.717, 1.165) is 28.9 Å². The first-order valence-corrected chi connectivity index (χ1v) is 11.9. The maximum atomic E-state index is 4.94. The summed E-state index contributed by atoms with van der Waals surface area (Å²) in [6.07, 6.45) is 3.92. The quantitative estimate of drug-likeness (QED) is 0.297. The second kappa shape index (κ2) is 8.91. The van der Waals surface area contributed by atoms with Gasteiger partial charge in [-0.1, -0.05) is 65.9 Å². The molecule has 0 N–H and O–H groups in total. The molecule has 7 heteroatoms. The molecule has 0 bridgehead atoms. The van der Waals surface area contributed by atoms with Crippen LogP contribution < -0.4 is 0 Å². The smallest absolute Gasteiger partial charge is 0.173 e. The fourth-order valence-corrected chi connectivity index (χ4v) is 4.95. The Hall–Kier alpha value is -3.16. The molecule has 5 aromatic rings. The van der Waals surface area contributed by atoms with Crippen LogP contribution >= 0.6 is 23.1 Å². The summed E-state index contributed by atoms with van der Waals surface area (Å²) in [5, 5.41) is 11.5. The summed E-state index contributed by atoms with van der Waals surface area (Å²) in [5.41, 5.74) is 4.57. The van der Waals surface area contributed by atoms with Crippen LogP contribution in [0.3, 0.4) is 0 Å². The number of aryl methyl sites for hydroxylation is 1. The molecule has 3 aromatic heterocycles. The largest absolute Gasteiger partial charge is 0.312 e. The molecule has 0 radical (unpaired) electrons. The lowest BCUT2D eigenvalue weighted by atomic mass is 10.2. The third kappa shape index (κ3) is 4.47. The number of thiophene rings is 1. The van der Waals surface area contributed by atoms with E-state index in [1.807, 2.05) is 6.07 Å². The van der Waals surface area contributed by atoms with Gasteiger partial charge in [0.05, 0.1) is 22.9 Å². The van der Waals surface area contributed by atoms with Crippen molar-refractivity contribution in [3.05, 3.63) is 102 Å². The molecule has 0 spiro atoms. The predicted molar refractivity (Wildman–Crippen MR) is 127 cm³/mol. The molecule has 5 nitrogen and oxygen atoms in total. The van der Waals surface area contributed by atoms with Gasteiger partial charge in [-0.3, -0.25) is 4.57 Å². The lowest BCUT2D eigenvalue weighted by Crippen LogP contribution is -2.04. The van der Waals surface area contributed by atoms with Gasteiger partial charge in [-0.05, 0) is 36.1 Å². The number of benzene rings is 2. The predicted octanol–water partition coefficient (Wildman–Crippen LogP) is 5.84. The molecule has 154 valence electrons. The third-order valence-electron chi connectivity index (χ3n) is 4.98. The summed E-state index contributed by atoms with van der Waals surface area (Å²) in [6.45, 7) is 2.86. The van der Waals surface area contributed by atoms with Gasteiger partial charge in [0.25, 0.3) is 0 Å². The number of nitrogens with zero attached hydrogens (tertiary/aromatic N) is 5. The van der Waals surface area contributed by atoms with Crippen LogP contribution in [-0.2, 0) is 12.3 Å². The average Bonchev–Trinajstić information content (AvgIpc) is 3.55. The van der Waals surface area contributed by atoms with Gasteiger partial charge in [-0.15, -0.1) is 21.5 Å². The molecule has 0 fully saturated rings. The molecule has 0 atom stereocenters. The van der Waals surface area contributed by atoms with E-state index in [1.54, 1.807) is 29.4 Å². The highest BCUT2D eigenvalue weighted by Crippen LogP contribution is 2.31. The molecule has 0 aliphatic carbocycles. The van der Waals surface area contributed by atoms with E-state index in [-0.39, 0.29) is 0 Å². The standard InChI is InChI=1S/C24H21N5S2/c1-18-9-11-20(12-10-18)29-15-21(22-8-5-13-30-22)26-24(29)31-16-23-27-25-17-28(23)14-19-6-3-2-4-7-19/h2-13,15,17H,14,16H2,1H3. The topological polar surface area (TPSA) is 48.5 Å². The average molecular weight is 444 g/mol. The Balaban J connectivity index is 1.42. The van der Waals surface area contributed by atoms with Gasteiger partial charge in [0, 0.05) is 11.9 Å². The molecule has 2 aromatic carbocycles. The van der Waals surface area contributed by atoms with Crippen LogP contribution in [0.4, 0.5) is 0 Å². The van der Waals surface area contributed by atoms with Crippen LogP contribution in [0.25, 0.3) is 16.3 Å². The molecule has 0 aliphatic heterocycles. The van der Waals surface area contributed by atoms with E-state index < -0.39 is 0 Å². The summed E-state index contributed by atoms with van der Waals surface area (Å²) in [4.78, 5) is 6.11. The van der Waals surface area contributed by atoms with Crippen molar-refractivity contribution in [1.82, 2.24) is 24.3 Å². The Morgan fingerprint density at radius 2 is 1.81 bits per heavy atom. The highest BCUT2D eigenvalue weighted by Gasteiger charge is 2.14. The lowest BCUT2D eigenvalue weighted by molar-refractivity contribution is 0.755. The SMILES string of the molecule is Cc1ccc(-n2cc(-c3cccs3)nc2SCc2nncn2Cc2ccccc2)cc1. The van der Waals surface area contributed by atoms with Crippen LogP contribution in [0, 0.1) is 6.92 Å². The maximum absolute atomic E-state index is 4.94. The third-order valence-corrected chi connectivity index (χ3v) is 6.82. The normalized spacial score (nSPS) is 11.1. The number of aromatic nitrogens is 5. The van der Waals surface area contributed by atoms with E-state index in [9.17, 15) is 0 Å². The van der Waals surface area contributed by atoms with Crippen molar-refractivity contribution in [3.8, 4) is 16.3 Å². The number of thioether (sulfide) groups is 1. The maximum Gasteiger partial charge on any atom is 0.173 e. The van der Waals surface area contributed by atoms with Crippen molar-refractivity contribution in [2.24, 2.45) is 0 Å². The zero-order chi connectivity index (χ0) is 21.0. The minimum absolute atomic E-state index is 0.694. The van der Waals surface area contributed by atoms with E-state index in [1.165, 1.54) is 16.0 Å². The van der Waals surface area contributed by atoms with E-state index in [2.05, 4.69) is 98.5 Å². The monoisotopic (exact) mass is 443 g/mol. The first-order valence-electron chi connectivity index (χ1n) is 10.00. The zero-order valence-corrected chi connectivity index (χ0v) is 18.7. The Morgan fingerprint density at radius 3 is 2.58 bits per heavy atom. The van der Waals surface area contributed by atoms with Crippen LogP contribution in [0.2, 0.25) is 0 Å². The molecule has 0 amide bonds. The lowest BCUT2D eigenvalue weighted by Gasteiger charge is -2.09. The molecular formula is C24H21N5S2. The summed E-state index contributed by atoms with van der Waals surface area (Å²) in [5.74, 6) is 1.63. The molecular weight excluding hydrogens is 422 g/mol. The second-order valence-corrected chi connectivity index (χ2v) is 9.13. The molecule has 5 rings (SSSR count). The van der Waals surface area contributed by atoms with Gasteiger partial charge < -0.3 is 4.57 Å². The van der Waals surface area contributed by atoms with Gasteiger partial charge in [-0.25, -0.2) is 4.98 Å². The van der Waals surface area contributed by atoms with Crippen molar-refractivity contribution in [2.75, 3.05) is 0 Å². The zero-order valence-electron chi connectivity index (χ0n) is 17.0. The van der Waals surface area contributed by atoms with Crippen molar-refractivity contribution < 1.29 is 0 Å². The fourth-order valence-electron chi connectivity index (χ4n) is 3.33. The Morgan fingerprint density at radius 1 is 0.968 bits per heavy atom. The van der Waals surface area contributed by atoms with Crippen LogP contribution in [0.5, 0.6) is 0 Å². The van der Waals surface area contributed by atoms with Crippen LogP contribution in [0.1, 0.15) is 17.0 Å². The first-order chi connectivity index (χ1) is 15.3. The van der Waals surface area contributed by atoms with E-state index in [0.29, 0.717) is 5.75 Å². The van der Waals surface area contributed by atoms with Gasteiger partial charge in [0.1, 0.15) is 12.2 Å².